The number of aryl methyl sites for hydroxylation is 1. The van der Waals surface area contributed by atoms with Gasteiger partial charge in [-0.1, -0.05) is 6.92 Å². The molecule has 2 atom stereocenters. The van der Waals surface area contributed by atoms with Crippen LogP contribution in [0.2, 0.25) is 0 Å². The first-order valence-corrected chi connectivity index (χ1v) is 14.7. The van der Waals surface area contributed by atoms with Gasteiger partial charge in [-0.25, -0.2) is 14.4 Å². The summed E-state index contributed by atoms with van der Waals surface area (Å²) in [4.78, 5) is 41.4. The van der Waals surface area contributed by atoms with Crippen molar-refractivity contribution < 1.29 is 33.0 Å². The monoisotopic (exact) mass is 591 g/mol. The summed E-state index contributed by atoms with van der Waals surface area (Å²) in [5, 5.41) is 6.45. The summed E-state index contributed by atoms with van der Waals surface area (Å²) >= 11 is 0. The van der Waals surface area contributed by atoms with E-state index >= 15 is 4.39 Å². The maximum atomic E-state index is 15.0. The number of anilines is 1. The van der Waals surface area contributed by atoms with Crippen molar-refractivity contribution in [3.8, 4) is 11.6 Å². The van der Waals surface area contributed by atoms with Crippen LogP contribution in [0.3, 0.4) is 0 Å². The molecular weight excluding hydrogens is 557 g/mol. The molecule has 2 saturated carbocycles. The van der Waals surface area contributed by atoms with E-state index in [0.29, 0.717) is 72.1 Å². The molecule has 12 heteroatoms. The molecule has 0 spiro atoms. The normalized spacial score (nSPS) is 26.8. The minimum atomic E-state index is -0.328. The van der Waals surface area contributed by atoms with E-state index in [0.717, 1.165) is 37.8 Å². The van der Waals surface area contributed by atoms with Gasteiger partial charge in [-0.05, 0) is 75.0 Å². The SMILES string of the molecule is C[C@H]1C[C@H]1COc1ccc2ncc(F)c(CCC34CCC(NCc5ccc6c(n5)NC(=O)CO6)(CC3)CO4)c2n1.O=C=O. The second kappa shape index (κ2) is 11.9. The van der Waals surface area contributed by atoms with E-state index in [1.54, 1.807) is 0 Å². The number of nitrogens with zero attached hydrogens (tertiary/aromatic N) is 3. The van der Waals surface area contributed by atoms with Gasteiger partial charge in [0, 0.05) is 23.7 Å². The van der Waals surface area contributed by atoms with E-state index in [9.17, 15) is 4.79 Å². The molecule has 0 radical (unpaired) electrons. The Hall–Kier alpha value is -3.99. The highest BCUT2D eigenvalue weighted by Crippen LogP contribution is 2.46. The first kappa shape index (κ1) is 29.1. The Bertz CT molecular complexity index is 1540. The number of hydrogen-bond acceptors (Lipinski definition) is 10. The molecule has 8 rings (SSSR count). The molecule has 2 N–H and O–H groups in total. The van der Waals surface area contributed by atoms with Crippen molar-refractivity contribution >= 4 is 28.9 Å². The van der Waals surface area contributed by atoms with Crippen molar-refractivity contribution in [2.45, 2.75) is 69.6 Å². The zero-order chi connectivity index (χ0) is 30.0. The van der Waals surface area contributed by atoms with Crippen molar-refractivity contribution in [3.63, 3.8) is 0 Å². The summed E-state index contributed by atoms with van der Waals surface area (Å²) in [6.07, 6.45) is 7.79. The van der Waals surface area contributed by atoms with E-state index in [1.165, 1.54) is 12.6 Å². The minimum Gasteiger partial charge on any atom is -0.480 e. The number of carbonyl (C=O) groups is 1. The fourth-order valence-electron chi connectivity index (χ4n) is 6.27. The molecule has 0 unspecified atom stereocenters. The van der Waals surface area contributed by atoms with Crippen LogP contribution in [0.1, 0.15) is 56.7 Å². The predicted molar refractivity (Wildman–Crippen MR) is 151 cm³/mol. The minimum absolute atomic E-state index is 0.0181. The van der Waals surface area contributed by atoms with Crippen molar-refractivity contribution in [1.82, 2.24) is 20.3 Å². The quantitative estimate of drug-likeness (QED) is 0.378. The van der Waals surface area contributed by atoms with Crippen LogP contribution in [0.15, 0.2) is 30.5 Å². The van der Waals surface area contributed by atoms with E-state index in [4.69, 9.17) is 23.8 Å². The number of ether oxygens (including phenoxy) is 3. The Morgan fingerprint density at radius 2 is 1.95 bits per heavy atom. The molecule has 2 bridgehead atoms. The molecule has 0 aromatic carbocycles. The van der Waals surface area contributed by atoms with Gasteiger partial charge in [-0.3, -0.25) is 9.78 Å². The molecule has 1 amide bonds. The Kier molecular flexibility index (Phi) is 8.09. The Labute approximate surface area is 247 Å². The van der Waals surface area contributed by atoms with Crippen molar-refractivity contribution in [1.29, 1.82) is 0 Å². The maximum absolute atomic E-state index is 15.0. The average molecular weight is 592 g/mol. The second-order valence-corrected chi connectivity index (χ2v) is 12.1. The van der Waals surface area contributed by atoms with Gasteiger partial charge in [0.15, 0.2) is 18.2 Å². The molecule has 3 aromatic rings. The molecule has 226 valence electrons. The lowest BCUT2D eigenvalue weighted by Gasteiger charge is -2.53. The third-order valence-corrected chi connectivity index (χ3v) is 9.24. The highest BCUT2D eigenvalue weighted by Gasteiger charge is 2.49. The van der Waals surface area contributed by atoms with Gasteiger partial charge in [0.05, 0.1) is 41.7 Å². The number of hydrogen-bond donors (Lipinski definition) is 2. The molecule has 3 aliphatic heterocycles. The predicted octanol–water partition coefficient (Wildman–Crippen LogP) is 3.75. The Morgan fingerprint density at radius 1 is 1.16 bits per heavy atom. The smallest absolute Gasteiger partial charge is 0.373 e. The van der Waals surface area contributed by atoms with E-state index in [1.807, 2.05) is 24.3 Å². The van der Waals surface area contributed by atoms with Crippen LogP contribution < -0.4 is 20.1 Å². The highest BCUT2D eigenvalue weighted by atomic mass is 19.1. The first-order chi connectivity index (χ1) is 20.8. The van der Waals surface area contributed by atoms with Gasteiger partial charge < -0.3 is 24.8 Å². The fourth-order valence-corrected chi connectivity index (χ4v) is 6.27. The molecule has 2 aliphatic carbocycles. The topological polar surface area (TPSA) is 142 Å². The van der Waals surface area contributed by atoms with Crippen LogP contribution in [-0.2, 0) is 32.1 Å². The van der Waals surface area contributed by atoms with Crippen LogP contribution in [0.4, 0.5) is 10.2 Å². The molecule has 2 saturated heterocycles. The van der Waals surface area contributed by atoms with Gasteiger partial charge in [0.1, 0.15) is 5.82 Å². The molecular formula is C31H34FN5O6. The summed E-state index contributed by atoms with van der Waals surface area (Å²) < 4.78 is 32.9. The fraction of sp³-hybridized carbons (Fsp3) is 0.516. The number of amides is 1. The summed E-state index contributed by atoms with van der Waals surface area (Å²) in [6.45, 7) is 4.07. The second-order valence-electron chi connectivity index (χ2n) is 12.1. The van der Waals surface area contributed by atoms with Crippen LogP contribution >= 0.6 is 0 Å². The van der Waals surface area contributed by atoms with Gasteiger partial charge in [0.2, 0.25) is 5.88 Å². The van der Waals surface area contributed by atoms with Crippen LogP contribution in [-0.4, -0.2) is 58.0 Å². The van der Waals surface area contributed by atoms with Gasteiger partial charge >= 0.3 is 6.15 Å². The zero-order valence-corrected chi connectivity index (χ0v) is 24.0. The molecule has 11 nitrogen and oxygen atoms in total. The highest BCUT2D eigenvalue weighted by molar-refractivity contribution is 5.94. The summed E-state index contributed by atoms with van der Waals surface area (Å²) in [7, 11) is 0. The van der Waals surface area contributed by atoms with Crippen molar-refractivity contribution in [2.24, 2.45) is 11.8 Å². The lowest BCUT2D eigenvalue weighted by molar-refractivity contribution is -0.191. The number of aromatic nitrogens is 3. The molecule has 6 heterocycles. The summed E-state index contributed by atoms with van der Waals surface area (Å²) in [5.74, 6) is 2.36. The third-order valence-electron chi connectivity index (χ3n) is 9.24. The Morgan fingerprint density at radius 3 is 2.67 bits per heavy atom. The number of nitrogens with one attached hydrogen (secondary N) is 2. The van der Waals surface area contributed by atoms with Crippen molar-refractivity contribution in [3.05, 3.63) is 47.5 Å². The lowest BCUT2D eigenvalue weighted by Crippen LogP contribution is -2.61. The summed E-state index contributed by atoms with van der Waals surface area (Å²) in [5.41, 5.74) is 2.32. The molecule has 4 fully saturated rings. The number of rotatable bonds is 9. The van der Waals surface area contributed by atoms with Crippen molar-refractivity contribution in [2.75, 3.05) is 25.1 Å². The Balaban J connectivity index is 0.00000105. The van der Waals surface area contributed by atoms with Gasteiger partial charge in [0.25, 0.3) is 5.91 Å². The molecule has 43 heavy (non-hydrogen) atoms. The number of pyridine rings is 3. The third kappa shape index (κ3) is 6.36. The number of fused-ring (bicyclic) bond motifs is 5. The van der Waals surface area contributed by atoms with E-state index in [2.05, 4.69) is 32.5 Å². The standard InChI is InChI=1S/C30H34FN5O4.CO2/c1-18-12-19(18)15-39-26-5-3-23-27(36-26)21(22(31)14-32-23)6-7-30-10-8-29(9-11-30,17-40-30)33-13-20-2-4-24-28(34-20)35-25(37)16-38-24;2-1-3/h2-5,14,18-19,33H,6-13,15-17H2,1H3,(H,34,35,37);/t18-,19-,29?,30?;/m0./s1. The maximum Gasteiger partial charge on any atom is 0.373 e. The molecule has 3 aromatic heterocycles. The van der Waals surface area contributed by atoms with Gasteiger partial charge in [-0.2, -0.15) is 9.59 Å². The van der Waals surface area contributed by atoms with E-state index in [-0.39, 0.29) is 35.6 Å². The van der Waals surface area contributed by atoms with Gasteiger partial charge in [-0.15, -0.1) is 0 Å². The first-order valence-electron chi connectivity index (χ1n) is 14.7. The van der Waals surface area contributed by atoms with Crippen LogP contribution in [0.25, 0.3) is 11.0 Å². The lowest BCUT2D eigenvalue weighted by atomic mass is 9.69. The van der Waals surface area contributed by atoms with Crippen LogP contribution in [0.5, 0.6) is 11.6 Å². The zero-order valence-electron chi connectivity index (χ0n) is 24.0. The largest absolute Gasteiger partial charge is 0.480 e. The van der Waals surface area contributed by atoms with Crippen LogP contribution in [0, 0.1) is 17.7 Å². The molecule has 5 aliphatic rings. The number of halogens is 1. The number of carbonyl (C=O) groups excluding carboxylic acids is 3. The summed E-state index contributed by atoms with van der Waals surface area (Å²) in [6, 6.07) is 7.45. The average Bonchev–Trinajstić information content (AvgIpc) is 3.74. The van der Waals surface area contributed by atoms with E-state index < -0.39 is 0 Å².